The van der Waals surface area contributed by atoms with Gasteiger partial charge in [-0.3, -0.25) is 0 Å². The Morgan fingerprint density at radius 1 is 1.30 bits per heavy atom. The van der Waals surface area contributed by atoms with Crippen molar-refractivity contribution in [1.29, 1.82) is 0 Å². The zero-order valence-corrected chi connectivity index (χ0v) is 11.7. The van der Waals surface area contributed by atoms with Crippen molar-refractivity contribution in [3.05, 3.63) is 52.4 Å². The molecule has 7 heteroatoms. The van der Waals surface area contributed by atoms with Crippen molar-refractivity contribution in [2.75, 3.05) is 11.9 Å². The summed E-state index contributed by atoms with van der Waals surface area (Å²) >= 11 is 3.03. The maximum Gasteiger partial charge on any atom is 0.416 e. The van der Waals surface area contributed by atoms with Gasteiger partial charge in [-0.05, 0) is 30.3 Å². The first-order valence-electron chi connectivity index (χ1n) is 5.69. The molecule has 20 heavy (non-hydrogen) atoms. The van der Waals surface area contributed by atoms with Gasteiger partial charge in [-0.2, -0.15) is 13.2 Å². The number of alkyl halides is 3. The van der Waals surface area contributed by atoms with Crippen LogP contribution in [0.25, 0.3) is 0 Å². The van der Waals surface area contributed by atoms with E-state index in [9.17, 15) is 18.3 Å². The first-order valence-corrected chi connectivity index (χ1v) is 6.48. The van der Waals surface area contributed by atoms with E-state index in [2.05, 4.69) is 21.2 Å². The lowest BCUT2D eigenvalue weighted by Crippen LogP contribution is -2.12. The van der Waals surface area contributed by atoms with Gasteiger partial charge in [0.05, 0.1) is 11.8 Å². The molecule has 2 aromatic rings. The Morgan fingerprint density at radius 2 is 2.05 bits per heavy atom. The Hall–Kier alpha value is -1.47. The molecule has 0 fully saturated rings. The van der Waals surface area contributed by atoms with Gasteiger partial charge in [0.1, 0.15) is 11.9 Å². The second-order valence-electron chi connectivity index (χ2n) is 4.14. The third-order valence-corrected chi connectivity index (χ3v) is 3.05. The van der Waals surface area contributed by atoms with Crippen LogP contribution in [0, 0.1) is 0 Å². The van der Waals surface area contributed by atoms with Gasteiger partial charge in [-0.15, -0.1) is 0 Å². The minimum absolute atomic E-state index is 0.0429. The Morgan fingerprint density at radius 3 is 2.65 bits per heavy atom. The van der Waals surface area contributed by atoms with Crippen LogP contribution < -0.4 is 5.32 Å². The van der Waals surface area contributed by atoms with Gasteiger partial charge < -0.3 is 14.8 Å². The number of hydrogen-bond donors (Lipinski definition) is 2. The molecule has 1 unspecified atom stereocenters. The van der Waals surface area contributed by atoms with Crippen LogP contribution in [0.3, 0.4) is 0 Å². The van der Waals surface area contributed by atoms with Crippen LogP contribution in [0.15, 0.2) is 45.5 Å². The summed E-state index contributed by atoms with van der Waals surface area (Å²) in [5.41, 5.74) is -0.501. The molecule has 1 aromatic heterocycles. The minimum atomic E-state index is -4.42. The summed E-state index contributed by atoms with van der Waals surface area (Å²) in [6.07, 6.45) is -3.93. The molecule has 1 aromatic carbocycles. The maximum absolute atomic E-state index is 12.7. The summed E-state index contributed by atoms with van der Waals surface area (Å²) in [6, 6.07) is 6.70. The Kier molecular flexibility index (Phi) is 4.39. The predicted molar refractivity (Wildman–Crippen MR) is 71.3 cm³/mol. The molecule has 0 aliphatic carbocycles. The second kappa shape index (κ2) is 5.88. The van der Waals surface area contributed by atoms with E-state index in [1.54, 1.807) is 12.1 Å². The summed E-state index contributed by atoms with van der Waals surface area (Å²) in [7, 11) is 0. The van der Waals surface area contributed by atoms with Crippen LogP contribution >= 0.6 is 15.9 Å². The van der Waals surface area contributed by atoms with Crippen molar-refractivity contribution in [3.8, 4) is 0 Å². The molecule has 1 atom stereocenters. The highest BCUT2D eigenvalue weighted by atomic mass is 79.9. The lowest BCUT2D eigenvalue weighted by atomic mass is 10.2. The third kappa shape index (κ3) is 3.77. The zero-order valence-electron chi connectivity index (χ0n) is 10.1. The van der Waals surface area contributed by atoms with Crippen LogP contribution in [-0.4, -0.2) is 11.7 Å². The first-order chi connectivity index (χ1) is 9.36. The van der Waals surface area contributed by atoms with Crippen molar-refractivity contribution in [3.63, 3.8) is 0 Å². The van der Waals surface area contributed by atoms with Crippen LogP contribution in [0.4, 0.5) is 18.9 Å². The number of furan rings is 1. The number of nitrogens with one attached hydrogen (secondary N) is 1. The van der Waals surface area contributed by atoms with Crippen LogP contribution in [-0.2, 0) is 6.18 Å². The van der Waals surface area contributed by atoms with Gasteiger partial charge in [-0.1, -0.05) is 15.9 Å². The van der Waals surface area contributed by atoms with E-state index in [-0.39, 0.29) is 12.2 Å². The Bertz CT molecular complexity index is 569. The van der Waals surface area contributed by atoms with E-state index in [4.69, 9.17) is 4.42 Å². The summed E-state index contributed by atoms with van der Waals surface area (Å²) < 4.78 is 43.3. The average molecular weight is 350 g/mol. The second-order valence-corrected chi connectivity index (χ2v) is 5.05. The summed E-state index contributed by atoms with van der Waals surface area (Å²) in [6.45, 7) is 0.0429. The van der Waals surface area contributed by atoms with Crippen molar-refractivity contribution >= 4 is 21.6 Å². The highest BCUT2D eigenvalue weighted by molar-refractivity contribution is 9.10. The largest absolute Gasteiger partial charge is 0.467 e. The van der Waals surface area contributed by atoms with Gasteiger partial charge in [0.15, 0.2) is 0 Å². The SMILES string of the molecule is OC(CNc1cc(Br)cc(C(F)(F)F)c1)c1ccco1. The predicted octanol–water partition coefficient (Wildman–Crippen LogP) is 4.21. The highest BCUT2D eigenvalue weighted by Crippen LogP contribution is 2.33. The van der Waals surface area contributed by atoms with Crippen LogP contribution in [0.5, 0.6) is 0 Å². The summed E-state index contributed by atoms with van der Waals surface area (Å²) in [5.74, 6) is 0.351. The normalized spacial score (nSPS) is 13.2. The van der Waals surface area contributed by atoms with Crippen LogP contribution in [0.2, 0.25) is 0 Å². The number of halogens is 4. The lowest BCUT2D eigenvalue weighted by molar-refractivity contribution is -0.137. The number of hydrogen-bond acceptors (Lipinski definition) is 3. The number of aliphatic hydroxyl groups excluding tert-OH is 1. The quantitative estimate of drug-likeness (QED) is 0.869. The van der Waals surface area contributed by atoms with E-state index < -0.39 is 17.8 Å². The number of anilines is 1. The molecular weight excluding hydrogens is 339 g/mol. The monoisotopic (exact) mass is 349 g/mol. The van der Waals surface area contributed by atoms with Gasteiger partial charge in [-0.25, -0.2) is 0 Å². The molecule has 1 heterocycles. The number of aliphatic hydroxyl groups is 1. The first kappa shape index (κ1) is 14.9. The van der Waals surface area contributed by atoms with E-state index in [1.807, 2.05) is 0 Å². The Labute approximate surface area is 121 Å². The van der Waals surface area contributed by atoms with Gasteiger partial charge >= 0.3 is 6.18 Å². The molecule has 0 aliphatic rings. The van der Waals surface area contributed by atoms with E-state index >= 15 is 0 Å². The molecule has 0 aliphatic heterocycles. The smallest absolute Gasteiger partial charge is 0.416 e. The van der Waals surface area contributed by atoms with E-state index in [0.29, 0.717) is 10.2 Å². The summed E-state index contributed by atoms with van der Waals surface area (Å²) in [4.78, 5) is 0. The fourth-order valence-electron chi connectivity index (χ4n) is 1.65. The van der Waals surface area contributed by atoms with Crippen molar-refractivity contribution in [2.45, 2.75) is 12.3 Å². The topological polar surface area (TPSA) is 45.4 Å². The molecule has 3 nitrogen and oxygen atoms in total. The molecule has 2 N–H and O–H groups in total. The molecule has 0 saturated carbocycles. The van der Waals surface area contributed by atoms with Crippen molar-refractivity contribution in [1.82, 2.24) is 0 Å². The number of rotatable bonds is 4. The number of benzene rings is 1. The fraction of sp³-hybridized carbons (Fsp3) is 0.231. The van der Waals surface area contributed by atoms with Gasteiger partial charge in [0.2, 0.25) is 0 Å². The highest BCUT2D eigenvalue weighted by Gasteiger charge is 2.31. The Balaban J connectivity index is 2.08. The molecule has 108 valence electrons. The fourth-order valence-corrected chi connectivity index (χ4v) is 2.14. The van der Waals surface area contributed by atoms with E-state index in [0.717, 1.165) is 12.1 Å². The van der Waals surface area contributed by atoms with Gasteiger partial charge in [0.25, 0.3) is 0 Å². The van der Waals surface area contributed by atoms with Crippen molar-refractivity contribution < 1.29 is 22.7 Å². The summed E-state index contributed by atoms with van der Waals surface area (Å²) in [5, 5.41) is 12.5. The van der Waals surface area contributed by atoms with Crippen LogP contribution in [0.1, 0.15) is 17.4 Å². The van der Waals surface area contributed by atoms with Gasteiger partial charge in [0, 0.05) is 16.7 Å². The standard InChI is InChI=1S/C13H11BrF3NO2/c14-9-4-8(13(15,16)17)5-10(6-9)18-7-11(19)12-2-1-3-20-12/h1-6,11,18-19H,7H2. The maximum atomic E-state index is 12.7. The molecule has 0 amide bonds. The molecule has 0 radical (unpaired) electrons. The molecule has 0 bridgehead atoms. The molecule has 2 rings (SSSR count). The minimum Gasteiger partial charge on any atom is -0.467 e. The lowest BCUT2D eigenvalue weighted by Gasteiger charge is -2.13. The van der Waals surface area contributed by atoms with Crippen molar-refractivity contribution in [2.24, 2.45) is 0 Å². The molecule has 0 saturated heterocycles. The van der Waals surface area contributed by atoms with E-state index in [1.165, 1.54) is 12.3 Å². The average Bonchev–Trinajstić information content (AvgIpc) is 2.88. The molecular formula is C13H11BrF3NO2. The molecule has 0 spiro atoms. The zero-order chi connectivity index (χ0) is 14.8. The third-order valence-electron chi connectivity index (χ3n) is 2.60.